The van der Waals surface area contributed by atoms with Crippen molar-refractivity contribution >= 4 is 40.5 Å². The lowest BCUT2D eigenvalue weighted by atomic mass is 9.89. The second-order valence-corrected chi connectivity index (χ2v) is 5.57. The van der Waals surface area contributed by atoms with Crippen molar-refractivity contribution in [1.82, 2.24) is 5.32 Å². The molecule has 2 rings (SSSR count). The van der Waals surface area contributed by atoms with Gasteiger partial charge in [0.2, 0.25) is 5.91 Å². The van der Waals surface area contributed by atoms with Gasteiger partial charge in [0, 0.05) is 5.92 Å². The molecule has 1 aromatic carbocycles. The van der Waals surface area contributed by atoms with Gasteiger partial charge in [-0.2, -0.15) is 0 Å². The predicted octanol–water partition coefficient (Wildman–Crippen LogP) is 3.73. The highest BCUT2D eigenvalue weighted by molar-refractivity contribution is 7.80. The van der Waals surface area contributed by atoms with Crippen LogP contribution in [-0.4, -0.2) is 11.0 Å². The average Bonchev–Trinajstić information content (AvgIpc) is 2.42. The molecular weight excluding hydrogens is 280 g/mol. The van der Waals surface area contributed by atoms with Gasteiger partial charge >= 0.3 is 0 Å². The van der Waals surface area contributed by atoms with Crippen LogP contribution in [-0.2, 0) is 4.79 Å². The Hall–Kier alpha value is -1.13. The number of hydrogen-bond donors (Lipinski definition) is 2. The molecule has 1 aliphatic rings. The highest BCUT2D eigenvalue weighted by atomic mass is 35.5. The number of thiocarbonyl (C=S) groups is 1. The van der Waals surface area contributed by atoms with Crippen molar-refractivity contribution in [2.45, 2.75) is 32.1 Å². The predicted molar refractivity (Wildman–Crippen MR) is 82.4 cm³/mol. The second-order valence-electron chi connectivity index (χ2n) is 4.76. The molecule has 0 bridgehead atoms. The van der Waals surface area contributed by atoms with Crippen molar-refractivity contribution in [2.75, 3.05) is 5.32 Å². The normalized spacial score (nSPS) is 15.8. The standard InChI is InChI=1S/C14H17ClN2OS/c15-11-8-4-5-9-12(11)16-14(19)17-13(18)10-6-2-1-3-7-10/h4-5,8-10H,1-3,6-7H2,(H2,16,17,18,19). The number of hydrogen-bond acceptors (Lipinski definition) is 2. The lowest BCUT2D eigenvalue weighted by Crippen LogP contribution is -2.39. The number of para-hydroxylation sites is 1. The second kappa shape index (κ2) is 6.87. The highest BCUT2D eigenvalue weighted by Crippen LogP contribution is 2.24. The molecule has 19 heavy (non-hydrogen) atoms. The summed E-state index contributed by atoms with van der Waals surface area (Å²) in [4.78, 5) is 12.0. The van der Waals surface area contributed by atoms with E-state index in [1.54, 1.807) is 6.07 Å². The van der Waals surface area contributed by atoms with Crippen molar-refractivity contribution in [3.63, 3.8) is 0 Å². The first-order valence-electron chi connectivity index (χ1n) is 6.53. The molecule has 102 valence electrons. The molecule has 2 N–H and O–H groups in total. The number of halogens is 1. The Morgan fingerprint density at radius 3 is 2.58 bits per heavy atom. The zero-order valence-electron chi connectivity index (χ0n) is 10.6. The molecule has 0 aromatic heterocycles. The maximum absolute atomic E-state index is 12.0. The number of benzene rings is 1. The third-order valence-corrected chi connectivity index (χ3v) is 3.87. The van der Waals surface area contributed by atoms with E-state index in [0.29, 0.717) is 15.8 Å². The minimum absolute atomic E-state index is 0.0178. The fourth-order valence-corrected chi connectivity index (χ4v) is 2.69. The Labute approximate surface area is 123 Å². The summed E-state index contributed by atoms with van der Waals surface area (Å²) < 4.78 is 0. The fraction of sp³-hybridized carbons (Fsp3) is 0.429. The molecule has 0 radical (unpaired) electrons. The van der Waals surface area contributed by atoms with Gasteiger partial charge in [0.05, 0.1) is 10.7 Å². The first-order valence-corrected chi connectivity index (χ1v) is 7.32. The lowest BCUT2D eigenvalue weighted by molar-refractivity contribution is -0.124. The van der Waals surface area contributed by atoms with E-state index in [2.05, 4.69) is 10.6 Å². The van der Waals surface area contributed by atoms with Gasteiger partial charge in [-0.3, -0.25) is 4.79 Å². The van der Waals surface area contributed by atoms with E-state index in [1.165, 1.54) is 6.42 Å². The van der Waals surface area contributed by atoms with Crippen molar-refractivity contribution in [3.8, 4) is 0 Å². The van der Waals surface area contributed by atoms with Crippen LogP contribution < -0.4 is 10.6 Å². The lowest BCUT2D eigenvalue weighted by Gasteiger charge is -2.21. The first kappa shape index (κ1) is 14.3. The van der Waals surface area contributed by atoms with E-state index in [0.717, 1.165) is 25.7 Å². The third-order valence-electron chi connectivity index (χ3n) is 3.33. The van der Waals surface area contributed by atoms with Crippen LogP contribution >= 0.6 is 23.8 Å². The van der Waals surface area contributed by atoms with Crippen LogP contribution in [0.1, 0.15) is 32.1 Å². The Bertz CT molecular complexity index is 472. The summed E-state index contributed by atoms with van der Waals surface area (Å²) in [7, 11) is 0. The van der Waals surface area contributed by atoms with Crippen LogP contribution in [0.3, 0.4) is 0 Å². The topological polar surface area (TPSA) is 41.1 Å². The maximum Gasteiger partial charge on any atom is 0.229 e. The van der Waals surface area contributed by atoms with Crippen LogP contribution in [0.25, 0.3) is 0 Å². The molecule has 0 unspecified atom stereocenters. The molecule has 3 nitrogen and oxygen atoms in total. The quantitative estimate of drug-likeness (QED) is 0.817. The van der Waals surface area contributed by atoms with Crippen LogP contribution in [0, 0.1) is 5.92 Å². The van der Waals surface area contributed by atoms with E-state index in [9.17, 15) is 4.79 Å². The van der Waals surface area contributed by atoms with Crippen molar-refractivity contribution in [1.29, 1.82) is 0 Å². The zero-order chi connectivity index (χ0) is 13.7. The van der Waals surface area contributed by atoms with Gasteiger partial charge in [0.15, 0.2) is 5.11 Å². The van der Waals surface area contributed by atoms with Crippen molar-refractivity contribution < 1.29 is 4.79 Å². The van der Waals surface area contributed by atoms with Crippen LogP contribution in [0.2, 0.25) is 5.02 Å². The number of amides is 1. The van der Waals surface area contributed by atoms with E-state index in [4.69, 9.17) is 23.8 Å². The molecule has 5 heteroatoms. The molecular formula is C14H17ClN2OS. The number of nitrogens with one attached hydrogen (secondary N) is 2. The zero-order valence-corrected chi connectivity index (χ0v) is 12.2. The van der Waals surface area contributed by atoms with E-state index >= 15 is 0 Å². The number of carbonyl (C=O) groups is 1. The average molecular weight is 297 g/mol. The Morgan fingerprint density at radius 2 is 1.89 bits per heavy atom. The number of anilines is 1. The molecule has 1 fully saturated rings. The molecule has 1 aliphatic carbocycles. The van der Waals surface area contributed by atoms with E-state index < -0.39 is 0 Å². The molecule has 0 spiro atoms. The van der Waals surface area contributed by atoms with E-state index in [1.807, 2.05) is 18.2 Å². The van der Waals surface area contributed by atoms with Gasteiger partial charge in [-0.25, -0.2) is 0 Å². The SMILES string of the molecule is O=C(NC(=S)Nc1ccccc1Cl)C1CCCCC1. The fourth-order valence-electron chi connectivity index (χ4n) is 2.29. The molecule has 1 saturated carbocycles. The molecule has 1 aromatic rings. The van der Waals surface area contributed by atoms with E-state index in [-0.39, 0.29) is 11.8 Å². The summed E-state index contributed by atoms with van der Waals surface area (Å²) in [5, 5.41) is 6.59. The third kappa shape index (κ3) is 4.18. The number of carbonyl (C=O) groups excluding carboxylic acids is 1. The minimum Gasteiger partial charge on any atom is -0.331 e. The van der Waals surface area contributed by atoms with Crippen LogP contribution in [0.15, 0.2) is 24.3 Å². The maximum atomic E-state index is 12.0. The van der Waals surface area contributed by atoms with Crippen molar-refractivity contribution in [2.24, 2.45) is 5.92 Å². The summed E-state index contributed by atoms with van der Waals surface area (Å²) >= 11 is 11.2. The smallest absolute Gasteiger partial charge is 0.229 e. The summed E-state index contributed by atoms with van der Waals surface area (Å²) in [6, 6.07) is 7.30. The van der Waals surface area contributed by atoms with Crippen molar-refractivity contribution in [3.05, 3.63) is 29.3 Å². The largest absolute Gasteiger partial charge is 0.331 e. The Morgan fingerprint density at radius 1 is 1.21 bits per heavy atom. The molecule has 1 amide bonds. The monoisotopic (exact) mass is 296 g/mol. The summed E-state index contributed by atoms with van der Waals surface area (Å²) in [6.07, 6.45) is 5.40. The summed E-state index contributed by atoms with van der Waals surface area (Å²) in [6.45, 7) is 0. The number of rotatable bonds is 2. The van der Waals surface area contributed by atoms with Crippen LogP contribution in [0.5, 0.6) is 0 Å². The van der Waals surface area contributed by atoms with Gasteiger partial charge in [-0.05, 0) is 37.2 Å². The van der Waals surface area contributed by atoms with Gasteiger partial charge in [-0.1, -0.05) is 43.0 Å². The molecule has 0 atom stereocenters. The summed E-state index contributed by atoms with van der Waals surface area (Å²) in [5.41, 5.74) is 0.707. The molecule has 0 heterocycles. The van der Waals surface area contributed by atoms with Gasteiger partial charge in [-0.15, -0.1) is 0 Å². The Balaban J connectivity index is 1.87. The first-order chi connectivity index (χ1) is 9.16. The Kier molecular flexibility index (Phi) is 5.16. The van der Waals surface area contributed by atoms with Gasteiger partial charge in [0.1, 0.15) is 0 Å². The van der Waals surface area contributed by atoms with Crippen LogP contribution in [0.4, 0.5) is 5.69 Å². The van der Waals surface area contributed by atoms with Gasteiger partial charge < -0.3 is 10.6 Å². The van der Waals surface area contributed by atoms with Gasteiger partial charge in [0.25, 0.3) is 0 Å². The minimum atomic E-state index is 0.0178. The highest BCUT2D eigenvalue weighted by Gasteiger charge is 2.21. The molecule has 0 aliphatic heterocycles. The summed E-state index contributed by atoms with van der Waals surface area (Å²) in [5.74, 6) is 0.115. The molecule has 0 saturated heterocycles.